The van der Waals surface area contributed by atoms with Crippen LogP contribution in [0.1, 0.15) is 16.1 Å². The van der Waals surface area contributed by atoms with Crippen molar-refractivity contribution in [2.45, 2.75) is 0 Å². The monoisotopic (exact) mass is 398 g/mol. The Balaban J connectivity index is 1.68. The molecule has 0 atom stereocenters. The minimum atomic E-state index is -0.527. The molecule has 2 heterocycles. The fourth-order valence-corrected chi connectivity index (χ4v) is 2.75. The number of nitrogens with zero attached hydrogens (tertiary/aromatic N) is 6. The Hall–Kier alpha value is -4.40. The van der Waals surface area contributed by atoms with Crippen molar-refractivity contribution in [3.05, 3.63) is 71.9 Å². The van der Waals surface area contributed by atoms with Gasteiger partial charge >= 0.3 is 0 Å². The number of fused-ring (bicyclic) bond motifs is 1. The van der Waals surface area contributed by atoms with Gasteiger partial charge in [0, 0.05) is 12.6 Å². The molecule has 4 N–H and O–H groups in total. The highest BCUT2D eigenvalue weighted by atomic mass is 16.2. The topological polar surface area (TPSA) is 136 Å². The van der Waals surface area contributed by atoms with Gasteiger partial charge in [0.05, 0.1) is 6.21 Å². The minimum absolute atomic E-state index is 0.0635. The van der Waals surface area contributed by atoms with Gasteiger partial charge in [-0.3, -0.25) is 4.79 Å². The first-order valence-corrected chi connectivity index (χ1v) is 9.06. The van der Waals surface area contributed by atoms with E-state index in [1.807, 2.05) is 60.7 Å². The summed E-state index contributed by atoms with van der Waals surface area (Å²) in [7, 11) is 1.51. The number of rotatable bonds is 4. The third-order valence-electron chi connectivity index (χ3n) is 4.29. The summed E-state index contributed by atoms with van der Waals surface area (Å²) in [6, 6.07) is 18.7. The molecule has 4 rings (SSSR count). The zero-order chi connectivity index (χ0) is 21.1. The van der Waals surface area contributed by atoms with Crippen LogP contribution in [0.3, 0.4) is 0 Å². The fraction of sp³-hybridized carbons (Fsp3) is 0.0476. The van der Waals surface area contributed by atoms with Crippen LogP contribution in [0.25, 0.3) is 22.6 Å². The highest BCUT2D eigenvalue weighted by Crippen LogP contribution is 2.23. The van der Waals surface area contributed by atoms with E-state index in [0.29, 0.717) is 5.82 Å². The maximum Gasteiger partial charge on any atom is 0.296 e. The van der Waals surface area contributed by atoms with E-state index in [0.717, 1.165) is 16.1 Å². The number of hydrogen-bond acceptors (Lipinski definition) is 8. The Morgan fingerprint density at radius 1 is 0.900 bits per heavy atom. The molecule has 0 aliphatic heterocycles. The molecular weight excluding hydrogens is 380 g/mol. The van der Waals surface area contributed by atoms with E-state index in [-0.39, 0.29) is 28.5 Å². The number of hydrogen-bond donors (Lipinski definition) is 2. The summed E-state index contributed by atoms with van der Waals surface area (Å²) in [6.45, 7) is 0. The van der Waals surface area contributed by atoms with Gasteiger partial charge in [-0.25, -0.2) is 24.9 Å². The van der Waals surface area contributed by atoms with Gasteiger partial charge in [0.1, 0.15) is 0 Å². The van der Waals surface area contributed by atoms with E-state index in [1.54, 1.807) is 6.21 Å². The van der Waals surface area contributed by atoms with Crippen LogP contribution < -0.4 is 11.5 Å². The second-order valence-corrected chi connectivity index (χ2v) is 6.41. The molecule has 9 nitrogen and oxygen atoms in total. The summed E-state index contributed by atoms with van der Waals surface area (Å²) < 4.78 is 0. The number of aromatic nitrogens is 4. The zero-order valence-electron chi connectivity index (χ0n) is 16.1. The number of amides is 1. The lowest BCUT2D eigenvalue weighted by atomic mass is 10.2. The third kappa shape index (κ3) is 3.76. The number of benzene rings is 2. The highest BCUT2D eigenvalue weighted by molar-refractivity contribution is 5.99. The molecule has 0 radical (unpaired) electrons. The molecule has 0 saturated carbocycles. The second-order valence-electron chi connectivity index (χ2n) is 6.41. The summed E-state index contributed by atoms with van der Waals surface area (Å²) in [6.07, 6.45) is 1.56. The Morgan fingerprint density at radius 2 is 1.57 bits per heavy atom. The minimum Gasteiger partial charge on any atom is -0.382 e. The van der Waals surface area contributed by atoms with Gasteiger partial charge in [0.25, 0.3) is 5.91 Å². The summed E-state index contributed by atoms with van der Waals surface area (Å²) in [4.78, 5) is 30.0. The van der Waals surface area contributed by atoms with E-state index < -0.39 is 5.91 Å². The molecule has 0 aliphatic rings. The van der Waals surface area contributed by atoms with Crippen molar-refractivity contribution in [2.75, 3.05) is 18.5 Å². The molecule has 0 bridgehead atoms. The Kier molecular flexibility index (Phi) is 5.00. The normalized spacial score (nSPS) is 11.1. The predicted octanol–water partition coefficient (Wildman–Crippen LogP) is 2.36. The fourth-order valence-electron chi connectivity index (χ4n) is 2.75. The Labute approximate surface area is 172 Å². The standard InChI is InChI=1S/C21H18N8O/c1-29(24-12-13-8-4-2-5-9-13)21(30)16-18(23)27-20-15(25-16)17(22)26-19(28-20)14-10-6-3-7-11-14/h2-12H,1H3,(H4,22,23,26,27,28)/b24-12+. The summed E-state index contributed by atoms with van der Waals surface area (Å²) in [5, 5.41) is 5.27. The lowest BCUT2D eigenvalue weighted by molar-refractivity contribution is 0.0795. The van der Waals surface area contributed by atoms with Crippen molar-refractivity contribution >= 4 is 34.9 Å². The zero-order valence-corrected chi connectivity index (χ0v) is 16.1. The van der Waals surface area contributed by atoms with Crippen molar-refractivity contribution in [1.82, 2.24) is 24.9 Å². The number of carbonyl (C=O) groups is 1. The van der Waals surface area contributed by atoms with Crippen LogP contribution in [0.5, 0.6) is 0 Å². The third-order valence-corrected chi connectivity index (χ3v) is 4.29. The molecule has 148 valence electrons. The van der Waals surface area contributed by atoms with E-state index in [1.165, 1.54) is 7.05 Å². The first-order valence-electron chi connectivity index (χ1n) is 9.06. The average Bonchev–Trinajstić information content (AvgIpc) is 2.77. The summed E-state index contributed by atoms with van der Waals surface area (Å²) in [5.41, 5.74) is 14.0. The van der Waals surface area contributed by atoms with E-state index in [4.69, 9.17) is 11.5 Å². The van der Waals surface area contributed by atoms with Crippen LogP contribution in [0.2, 0.25) is 0 Å². The smallest absolute Gasteiger partial charge is 0.296 e. The van der Waals surface area contributed by atoms with Gasteiger partial charge in [-0.15, -0.1) is 0 Å². The molecule has 1 amide bonds. The van der Waals surface area contributed by atoms with Crippen LogP contribution in [0.4, 0.5) is 11.6 Å². The first kappa shape index (κ1) is 18.9. The molecule has 2 aromatic carbocycles. The number of hydrazone groups is 1. The van der Waals surface area contributed by atoms with Crippen LogP contribution in [-0.4, -0.2) is 44.1 Å². The lowest BCUT2D eigenvalue weighted by Crippen LogP contribution is -2.24. The van der Waals surface area contributed by atoms with Crippen molar-refractivity contribution in [3.63, 3.8) is 0 Å². The van der Waals surface area contributed by atoms with E-state index >= 15 is 0 Å². The molecule has 2 aromatic heterocycles. The molecule has 0 spiro atoms. The maximum atomic E-state index is 12.8. The van der Waals surface area contributed by atoms with Gasteiger partial charge < -0.3 is 11.5 Å². The van der Waals surface area contributed by atoms with Gasteiger partial charge in [-0.1, -0.05) is 60.7 Å². The number of anilines is 2. The molecule has 0 saturated heterocycles. The van der Waals surface area contributed by atoms with Gasteiger partial charge in [0.2, 0.25) is 0 Å². The second kappa shape index (κ2) is 7.92. The molecule has 0 fully saturated rings. The van der Waals surface area contributed by atoms with Crippen LogP contribution >= 0.6 is 0 Å². The molecule has 9 heteroatoms. The number of nitrogens with two attached hydrogens (primary N) is 2. The SMILES string of the molecule is CN(/N=C/c1ccccc1)C(=O)c1nc2c(N)nc(-c3ccccc3)nc2nc1N. The molecule has 0 unspecified atom stereocenters. The Morgan fingerprint density at radius 3 is 2.27 bits per heavy atom. The van der Waals surface area contributed by atoms with Crippen molar-refractivity contribution in [2.24, 2.45) is 5.10 Å². The van der Waals surface area contributed by atoms with Gasteiger partial charge in [0.15, 0.2) is 34.3 Å². The Bertz CT molecular complexity index is 1240. The van der Waals surface area contributed by atoms with Gasteiger partial charge in [-0.2, -0.15) is 5.10 Å². The summed E-state index contributed by atoms with van der Waals surface area (Å²) in [5.74, 6) is -0.0826. The maximum absolute atomic E-state index is 12.8. The first-order chi connectivity index (χ1) is 14.5. The molecular formula is C21H18N8O. The number of nitrogen functional groups attached to an aromatic ring is 2. The van der Waals surface area contributed by atoms with Crippen molar-refractivity contribution in [1.29, 1.82) is 0 Å². The van der Waals surface area contributed by atoms with E-state index in [2.05, 4.69) is 25.0 Å². The molecule has 30 heavy (non-hydrogen) atoms. The van der Waals surface area contributed by atoms with E-state index in [9.17, 15) is 4.79 Å². The van der Waals surface area contributed by atoms with Crippen molar-refractivity contribution in [3.8, 4) is 11.4 Å². The number of carbonyl (C=O) groups excluding carboxylic acids is 1. The van der Waals surface area contributed by atoms with Crippen LogP contribution in [-0.2, 0) is 0 Å². The highest BCUT2D eigenvalue weighted by Gasteiger charge is 2.20. The van der Waals surface area contributed by atoms with Crippen LogP contribution in [0, 0.1) is 0 Å². The molecule has 4 aromatic rings. The lowest BCUT2D eigenvalue weighted by Gasteiger charge is -2.12. The quantitative estimate of drug-likeness (QED) is 0.398. The van der Waals surface area contributed by atoms with Gasteiger partial charge in [-0.05, 0) is 5.56 Å². The average molecular weight is 398 g/mol. The largest absolute Gasteiger partial charge is 0.382 e. The van der Waals surface area contributed by atoms with Crippen LogP contribution in [0.15, 0.2) is 65.8 Å². The summed E-state index contributed by atoms with van der Waals surface area (Å²) >= 11 is 0. The molecule has 0 aliphatic carbocycles. The van der Waals surface area contributed by atoms with Crippen molar-refractivity contribution < 1.29 is 4.79 Å². The predicted molar refractivity (Wildman–Crippen MR) is 116 cm³/mol.